The first-order chi connectivity index (χ1) is 13.6. The van der Waals surface area contributed by atoms with E-state index in [1.165, 1.54) is 33.5 Å². The van der Waals surface area contributed by atoms with Crippen LogP contribution < -0.4 is 14.2 Å². The zero-order chi connectivity index (χ0) is 20.1. The van der Waals surface area contributed by atoms with Crippen LogP contribution in [0.15, 0.2) is 46.9 Å². The van der Waals surface area contributed by atoms with Crippen LogP contribution >= 0.6 is 0 Å². The molecule has 0 aliphatic heterocycles. The van der Waals surface area contributed by atoms with E-state index in [1.807, 2.05) is 30.3 Å². The van der Waals surface area contributed by atoms with E-state index in [-0.39, 0.29) is 12.2 Å². The van der Waals surface area contributed by atoms with Crippen LogP contribution in [0.4, 0.5) is 0 Å². The number of benzene rings is 2. The summed E-state index contributed by atoms with van der Waals surface area (Å²) in [5.74, 6) is 1.69. The molecular weight excluding hydrogens is 362 g/mol. The third kappa shape index (κ3) is 3.93. The van der Waals surface area contributed by atoms with Crippen molar-refractivity contribution >= 4 is 5.97 Å². The first-order valence-electron chi connectivity index (χ1n) is 8.56. The van der Waals surface area contributed by atoms with Crippen molar-refractivity contribution in [2.45, 2.75) is 13.5 Å². The molecule has 1 heterocycles. The molecule has 0 atom stereocenters. The van der Waals surface area contributed by atoms with Crippen LogP contribution in [0.1, 0.15) is 21.8 Å². The Kier molecular flexibility index (Phi) is 5.84. The van der Waals surface area contributed by atoms with E-state index in [9.17, 15) is 4.79 Å². The van der Waals surface area contributed by atoms with Gasteiger partial charge in [0.15, 0.2) is 11.5 Å². The number of nitrogens with zero attached hydrogens (tertiary/aromatic N) is 1. The number of esters is 1. The van der Waals surface area contributed by atoms with E-state index in [2.05, 4.69) is 4.98 Å². The molecular formula is C21H21NO6. The van der Waals surface area contributed by atoms with Crippen molar-refractivity contribution in [3.8, 4) is 28.7 Å². The molecule has 0 fully saturated rings. The Morgan fingerprint density at radius 3 is 2.21 bits per heavy atom. The highest BCUT2D eigenvalue weighted by atomic mass is 16.5. The Morgan fingerprint density at radius 1 is 1.00 bits per heavy atom. The van der Waals surface area contributed by atoms with Gasteiger partial charge in [0.05, 0.1) is 26.9 Å². The molecule has 28 heavy (non-hydrogen) atoms. The van der Waals surface area contributed by atoms with Gasteiger partial charge < -0.3 is 23.4 Å². The molecule has 0 aliphatic carbocycles. The minimum Gasteiger partial charge on any atom is -0.493 e. The van der Waals surface area contributed by atoms with Gasteiger partial charge in [0, 0.05) is 5.56 Å². The maximum atomic E-state index is 12.5. The third-order valence-electron chi connectivity index (χ3n) is 4.15. The summed E-state index contributed by atoms with van der Waals surface area (Å²) in [7, 11) is 4.46. The minimum absolute atomic E-state index is 0.0162. The fourth-order valence-electron chi connectivity index (χ4n) is 2.68. The standard InChI is InChI=1S/C21H21NO6/c1-13-16(22-20(28-13)14-8-6-5-7-9-14)12-27-21(23)15-10-17(24-2)19(26-4)18(11-15)25-3/h5-11H,12H2,1-4H3. The van der Waals surface area contributed by atoms with Crippen LogP contribution in [0.5, 0.6) is 17.2 Å². The van der Waals surface area contributed by atoms with Crippen molar-refractivity contribution in [2.75, 3.05) is 21.3 Å². The van der Waals surface area contributed by atoms with Crippen molar-refractivity contribution < 1.29 is 28.2 Å². The molecule has 0 spiro atoms. The third-order valence-corrected chi connectivity index (χ3v) is 4.15. The molecule has 0 bridgehead atoms. The number of carbonyl (C=O) groups excluding carboxylic acids is 1. The quantitative estimate of drug-likeness (QED) is 0.570. The second kappa shape index (κ2) is 8.47. The molecule has 1 aromatic heterocycles. The van der Waals surface area contributed by atoms with Gasteiger partial charge in [-0.1, -0.05) is 18.2 Å². The van der Waals surface area contributed by atoms with Gasteiger partial charge in [0.2, 0.25) is 11.6 Å². The maximum Gasteiger partial charge on any atom is 0.338 e. The van der Waals surface area contributed by atoms with Gasteiger partial charge in [-0.15, -0.1) is 0 Å². The first kappa shape index (κ1) is 19.3. The van der Waals surface area contributed by atoms with Crippen LogP contribution in [0.2, 0.25) is 0 Å². The molecule has 0 amide bonds. The minimum atomic E-state index is -0.539. The Labute approximate surface area is 162 Å². The van der Waals surface area contributed by atoms with Gasteiger partial charge in [-0.2, -0.15) is 0 Å². The fraction of sp³-hybridized carbons (Fsp3) is 0.238. The summed E-state index contributed by atoms with van der Waals surface area (Å²) in [6.45, 7) is 1.76. The number of methoxy groups -OCH3 is 3. The van der Waals surface area contributed by atoms with Gasteiger partial charge in [-0.05, 0) is 31.2 Å². The molecule has 3 rings (SSSR count). The summed E-state index contributed by atoms with van der Waals surface area (Å²) < 4.78 is 26.9. The molecule has 146 valence electrons. The normalized spacial score (nSPS) is 10.4. The smallest absolute Gasteiger partial charge is 0.338 e. The van der Waals surface area contributed by atoms with E-state index in [1.54, 1.807) is 6.92 Å². The van der Waals surface area contributed by atoms with Crippen molar-refractivity contribution in [3.05, 3.63) is 59.5 Å². The molecule has 3 aromatic rings. The zero-order valence-electron chi connectivity index (χ0n) is 16.1. The second-order valence-electron chi connectivity index (χ2n) is 5.88. The molecule has 0 aliphatic rings. The number of aryl methyl sites for hydroxylation is 1. The number of hydrogen-bond donors (Lipinski definition) is 0. The molecule has 7 nitrogen and oxygen atoms in total. The summed E-state index contributed by atoms with van der Waals surface area (Å²) in [5.41, 5.74) is 1.69. The number of carbonyl (C=O) groups is 1. The summed E-state index contributed by atoms with van der Waals surface area (Å²) in [6.07, 6.45) is 0. The average Bonchev–Trinajstić information content (AvgIpc) is 3.11. The molecule has 0 unspecified atom stereocenters. The van der Waals surface area contributed by atoms with E-state index in [0.29, 0.717) is 34.6 Å². The SMILES string of the molecule is COc1cc(C(=O)OCc2nc(-c3ccccc3)oc2C)cc(OC)c1OC. The summed E-state index contributed by atoms with van der Waals surface area (Å²) >= 11 is 0. The average molecular weight is 383 g/mol. The first-order valence-corrected chi connectivity index (χ1v) is 8.56. The highest BCUT2D eigenvalue weighted by molar-refractivity contribution is 5.91. The van der Waals surface area contributed by atoms with Crippen molar-refractivity contribution in [3.63, 3.8) is 0 Å². The van der Waals surface area contributed by atoms with Crippen molar-refractivity contribution in [1.82, 2.24) is 4.98 Å². The Morgan fingerprint density at radius 2 is 1.64 bits per heavy atom. The van der Waals surface area contributed by atoms with Crippen LogP contribution in [0.3, 0.4) is 0 Å². The van der Waals surface area contributed by atoms with Gasteiger partial charge in [0.25, 0.3) is 0 Å². The molecule has 0 N–H and O–H groups in total. The highest BCUT2D eigenvalue weighted by Crippen LogP contribution is 2.38. The van der Waals surface area contributed by atoms with E-state index < -0.39 is 5.97 Å². The summed E-state index contributed by atoms with van der Waals surface area (Å²) in [4.78, 5) is 16.9. The summed E-state index contributed by atoms with van der Waals surface area (Å²) in [5, 5.41) is 0. The lowest BCUT2D eigenvalue weighted by atomic mass is 10.2. The van der Waals surface area contributed by atoms with Crippen LogP contribution in [0.25, 0.3) is 11.5 Å². The number of hydrogen-bond acceptors (Lipinski definition) is 7. The van der Waals surface area contributed by atoms with Gasteiger partial charge in [-0.3, -0.25) is 0 Å². The highest BCUT2D eigenvalue weighted by Gasteiger charge is 2.19. The molecule has 7 heteroatoms. The largest absolute Gasteiger partial charge is 0.493 e. The van der Waals surface area contributed by atoms with Gasteiger partial charge in [0.1, 0.15) is 18.1 Å². The van der Waals surface area contributed by atoms with Crippen molar-refractivity contribution in [2.24, 2.45) is 0 Å². The topological polar surface area (TPSA) is 80.0 Å². The second-order valence-corrected chi connectivity index (χ2v) is 5.88. The Bertz CT molecular complexity index is 939. The monoisotopic (exact) mass is 383 g/mol. The summed E-state index contributed by atoms with van der Waals surface area (Å²) in [6, 6.07) is 12.6. The lowest BCUT2D eigenvalue weighted by Crippen LogP contribution is -2.07. The van der Waals surface area contributed by atoms with Crippen molar-refractivity contribution in [1.29, 1.82) is 0 Å². The molecule has 0 radical (unpaired) electrons. The Balaban J connectivity index is 1.77. The fourth-order valence-corrected chi connectivity index (χ4v) is 2.68. The van der Waals surface area contributed by atoms with Crippen LogP contribution in [-0.2, 0) is 11.3 Å². The van der Waals surface area contributed by atoms with Crippen LogP contribution in [0, 0.1) is 6.92 Å². The lowest BCUT2D eigenvalue weighted by molar-refractivity contribution is 0.0466. The van der Waals surface area contributed by atoms with Gasteiger partial charge in [-0.25, -0.2) is 9.78 Å². The molecule has 2 aromatic carbocycles. The predicted molar refractivity (Wildman–Crippen MR) is 102 cm³/mol. The van der Waals surface area contributed by atoms with E-state index >= 15 is 0 Å². The van der Waals surface area contributed by atoms with Crippen LogP contribution in [-0.4, -0.2) is 32.3 Å². The number of rotatable bonds is 7. The van der Waals surface area contributed by atoms with Gasteiger partial charge >= 0.3 is 5.97 Å². The lowest BCUT2D eigenvalue weighted by Gasteiger charge is -2.13. The van der Waals surface area contributed by atoms with E-state index in [0.717, 1.165) is 5.56 Å². The predicted octanol–water partition coefficient (Wildman–Crippen LogP) is 4.03. The Hall–Kier alpha value is -3.48. The van der Waals surface area contributed by atoms with E-state index in [4.69, 9.17) is 23.4 Å². The number of aromatic nitrogens is 1. The molecule has 0 saturated carbocycles. The maximum absolute atomic E-state index is 12.5. The molecule has 0 saturated heterocycles. The zero-order valence-corrected chi connectivity index (χ0v) is 16.1. The number of oxazole rings is 1. The number of ether oxygens (including phenoxy) is 4.